The Morgan fingerprint density at radius 2 is 1.83 bits per heavy atom. The number of carbonyl (C=O) groups excluding carboxylic acids is 2. The van der Waals surface area contributed by atoms with Crippen LogP contribution in [0.1, 0.15) is 26.3 Å². The Kier molecular flexibility index (Phi) is 6.71. The molecule has 2 aliphatic rings. The molecule has 0 spiro atoms. The van der Waals surface area contributed by atoms with E-state index >= 15 is 4.39 Å². The summed E-state index contributed by atoms with van der Waals surface area (Å²) in [6, 6.07) is 8.09. The van der Waals surface area contributed by atoms with Crippen LogP contribution in [0, 0.1) is 0 Å². The van der Waals surface area contributed by atoms with E-state index < -0.39 is 55.0 Å². The van der Waals surface area contributed by atoms with Crippen molar-refractivity contribution in [2.75, 3.05) is 13.2 Å². The van der Waals surface area contributed by atoms with Gasteiger partial charge in [0, 0.05) is 0 Å². The van der Waals surface area contributed by atoms with Gasteiger partial charge in [-0.15, -0.1) is 0 Å². The molecule has 2 fully saturated rings. The number of fused-ring (bicyclic) bond motifs is 1. The third kappa shape index (κ3) is 5.23. The molecule has 1 saturated heterocycles. The van der Waals surface area contributed by atoms with Gasteiger partial charge in [-0.2, -0.15) is 0 Å². The maximum Gasteiger partial charge on any atom is 0.407 e. The average Bonchev–Trinajstić information content (AvgIpc) is 3.10. The fourth-order valence-corrected chi connectivity index (χ4v) is 3.53. The van der Waals surface area contributed by atoms with Crippen molar-refractivity contribution in [1.29, 1.82) is 0 Å². The Morgan fingerprint density at radius 1 is 1.14 bits per heavy atom. The van der Waals surface area contributed by atoms with E-state index in [-0.39, 0.29) is 13.2 Å². The van der Waals surface area contributed by atoms with Gasteiger partial charge in [-0.3, -0.25) is 0 Å². The van der Waals surface area contributed by atoms with Crippen LogP contribution in [-0.4, -0.2) is 61.6 Å². The number of alkyl carbamates (subject to hydrolysis) is 1. The lowest BCUT2D eigenvalue weighted by molar-refractivity contribution is -0.180. The molecular formula is C20H26FNO7. The van der Waals surface area contributed by atoms with Crippen molar-refractivity contribution in [2.24, 2.45) is 0 Å². The molecule has 0 bridgehead atoms. The van der Waals surface area contributed by atoms with E-state index in [9.17, 15) is 9.59 Å². The van der Waals surface area contributed by atoms with Gasteiger partial charge in [0.1, 0.15) is 31.5 Å². The van der Waals surface area contributed by atoms with Crippen molar-refractivity contribution < 1.29 is 37.7 Å². The zero-order chi connectivity index (χ0) is 21.0. The molecule has 0 aromatic heterocycles. The summed E-state index contributed by atoms with van der Waals surface area (Å²) in [5.41, 5.74) is 0.806. The number of esters is 1. The molecule has 1 aromatic rings. The lowest BCUT2D eigenvalue weighted by Crippen LogP contribution is -2.48. The van der Waals surface area contributed by atoms with Crippen LogP contribution in [0.2, 0.25) is 0 Å². The standard InChI is InChI=1S/C20H26FNO7/c1-4-25-13(23)11-26-16-14(21)15(17-18(16)29-20(2,3)28-17)22-19(24)27-10-12-8-6-5-7-9-12/h5-9,14-18H,4,10-11H2,1-3H3,(H,22,24)/t14-,15-,16+,17+,18-/m1/s1. The topological polar surface area (TPSA) is 92.3 Å². The number of alkyl halides is 1. The summed E-state index contributed by atoms with van der Waals surface area (Å²) in [5, 5.41) is 2.51. The highest BCUT2D eigenvalue weighted by Gasteiger charge is 2.61. The first-order valence-corrected chi connectivity index (χ1v) is 9.55. The first-order chi connectivity index (χ1) is 13.8. The summed E-state index contributed by atoms with van der Waals surface area (Å²) >= 11 is 0. The van der Waals surface area contributed by atoms with Gasteiger partial charge in [0.25, 0.3) is 0 Å². The Morgan fingerprint density at radius 3 is 2.52 bits per heavy atom. The molecule has 5 atom stereocenters. The highest BCUT2D eigenvalue weighted by atomic mass is 19.1. The predicted octanol–water partition coefficient (Wildman–Crippen LogP) is 2.10. The van der Waals surface area contributed by atoms with Crippen LogP contribution in [0.15, 0.2) is 30.3 Å². The molecule has 160 valence electrons. The Bertz CT molecular complexity index is 714. The molecule has 0 unspecified atom stereocenters. The first kappa shape index (κ1) is 21.5. The second kappa shape index (κ2) is 9.06. The second-order valence-corrected chi connectivity index (χ2v) is 7.32. The van der Waals surface area contributed by atoms with E-state index in [0.717, 1.165) is 5.56 Å². The van der Waals surface area contributed by atoms with E-state index in [1.54, 1.807) is 20.8 Å². The molecule has 1 heterocycles. The molecule has 3 rings (SSSR count). The van der Waals surface area contributed by atoms with Gasteiger partial charge in [-0.05, 0) is 26.3 Å². The van der Waals surface area contributed by atoms with Crippen molar-refractivity contribution in [3.63, 3.8) is 0 Å². The van der Waals surface area contributed by atoms with Crippen LogP contribution in [0.4, 0.5) is 9.18 Å². The number of amides is 1. The minimum atomic E-state index is -1.65. The van der Waals surface area contributed by atoms with E-state index in [0.29, 0.717) is 0 Å². The number of hydrogen-bond donors (Lipinski definition) is 1. The normalized spacial score (nSPS) is 29.9. The van der Waals surface area contributed by atoms with Crippen LogP contribution in [0.5, 0.6) is 0 Å². The van der Waals surface area contributed by atoms with Gasteiger partial charge >= 0.3 is 12.1 Å². The number of rotatable bonds is 7. The molecular weight excluding hydrogens is 385 g/mol. The maximum absolute atomic E-state index is 15.1. The van der Waals surface area contributed by atoms with Gasteiger partial charge in [-0.25, -0.2) is 14.0 Å². The minimum Gasteiger partial charge on any atom is -0.464 e. The second-order valence-electron chi connectivity index (χ2n) is 7.32. The predicted molar refractivity (Wildman–Crippen MR) is 98.6 cm³/mol. The molecule has 1 aliphatic heterocycles. The van der Waals surface area contributed by atoms with Crippen molar-refractivity contribution in [3.8, 4) is 0 Å². The summed E-state index contributed by atoms with van der Waals surface area (Å²) in [7, 11) is 0. The van der Waals surface area contributed by atoms with E-state index in [1.807, 2.05) is 30.3 Å². The molecule has 1 amide bonds. The van der Waals surface area contributed by atoms with Gasteiger partial charge in [0.2, 0.25) is 0 Å². The fraction of sp³-hybridized carbons (Fsp3) is 0.600. The highest BCUT2D eigenvalue weighted by molar-refractivity contribution is 5.70. The Balaban J connectivity index is 1.62. The third-order valence-corrected chi connectivity index (χ3v) is 4.69. The number of carbonyl (C=O) groups is 2. The molecule has 1 saturated carbocycles. The third-order valence-electron chi connectivity index (χ3n) is 4.69. The van der Waals surface area contributed by atoms with Crippen LogP contribution in [0.25, 0.3) is 0 Å². The van der Waals surface area contributed by atoms with Gasteiger partial charge in [-0.1, -0.05) is 30.3 Å². The summed E-state index contributed by atoms with van der Waals surface area (Å²) in [5.74, 6) is -1.58. The number of nitrogens with one attached hydrogen (secondary N) is 1. The fourth-order valence-electron chi connectivity index (χ4n) is 3.53. The molecule has 1 aliphatic carbocycles. The molecule has 1 N–H and O–H groups in total. The highest BCUT2D eigenvalue weighted by Crippen LogP contribution is 2.41. The van der Waals surface area contributed by atoms with Gasteiger partial charge in [0.15, 0.2) is 12.0 Å². The van der Waals surface area contributed by atoms with E-state index in [2.05, 4.69) is 5.32 Å². The summed E-state index contributed by atoms with van der Waals surface area (Å²) in [4.78, 5) is 23.8. The number of benzene rings is 1. The summed E-state index contributed by atoms with van der Waals surface area (Å²) < 4.78 is 42.0. The van der Waals surface area contributed by atoms with Crippen LogP contribution in [-0.2, 0) is 35.1 Å². The summed E-state index contributed by atoms with van der Waals surface area (Å²) in [6.07, 6.45) is -5.09. The lowest BCUT2D eigenvalue weighted by Gasteiger charge is -2.26. The van der Waals surface area contributed by atoms with Gasteiger partial charge in [0.05, 0.1) is 12.6 Å². The summed E-state index contributed by atoms with van der Waals surface area (Å²) in [6.45, 7) is 4.87. The van der Waals surface area contributed by atoms with E-state index in [4.69, 9.17) is 23.7 Å². The maximum atomic E-state index is 15.1. The smallest absolute Gasteiger partial charge is 0.407 e. The zero-order valence-electron chi connectivity index (χ0n) is 16.6. The van der Waals surface area contributed by atoms with Crippen LogP contribution in [0.3, 0.4) is 0 Å². The Labute approximate surface area is 168 Å². The molecule has 9 heteroatoms. The minimum absolute atomic E-state index is 0.0517. The molecule has 1 aromatic carbocycles. The quantitative estimate of drug-likeness (QED) is 0.687. The van der Waals surface area contributed by atoms with Crippen molar-refractivity contribution in [1.82, 2.24) is 5.32 Å². The number of ether oxygens (including phenoxy) is 5. The Hall–Kier alpha value is -2.23. The monoisotopic (exact) mass is 411 g/mol. The van der Waals surface area contributed by atoms with Crippen LogP contribution < -0.4 is 5.32 Å². The molecule has 8 nitrogen and oxygen atoms in total. The van der Waals surface area contributed by atoms with Crippen molar-refractivity contribution >= 4 is 12.1 Å². The largest absolute Gasteiger partial charge is 0.464 e. The molecule has 0 radical (unpaired) electrons. The lowest BCUT2D eigenvalue weighted by atomic mass is 10.2. The number of halogens is 1. The van der Waals surface area contributed by atoms with Crippen LogP contribution >= 0.6 is 0 Å². The van der Waals surface area contributed by atoms with Crippen molar-refractivity contribution in [2.45, 2.75) is 63.7 Å². The van der Waals surface area contributed by atoms with Crippen molar-refractivity contribution in [3.05, 3.63) is 35.9 Å². The molecule has 29 heavy (non-hydrogen) atoms. The number of hydrogen-bond acceptors (Lipinski definition) is 7. The zero-order valence-corrected chi connectivity index (χ0v) is 16.6. The first-order valence-electron chi connectivity index (χ1n) is 9.55. The SMILES string of the molecule is CCOC(=O)CO[C@H]1[C@H](F)[C@@H](NC(=O)OCc2ccccc2)[C@@H]2OC(C)(C)O[C@H]12. The average molecular weight is 411 g/mol. The van der Waals surface area contributed by atoms with E-state index in [1.165, 1.54) is 0 Å². The van der Waals surface area contributed by atoms with Gasteiger partial charge < -0.3 is 29.0 Å².